The molecule has 0 saturated carbocycles. The molecule has 2 rings (SSSR count). The van der Waals surface area contributed by atoms with Crippen LogP contribution in [0.1, 0.15) is 125 Å². The molecular weight excluding hydrogens is 1270 g/mol. The average molecular weight is 1360 g/mol. The van der Waals surface area contributed by atoms with E-state index in [2.05, 4.69) is 58.5 Å². The number of aliphatic hydroxyl groups is 3. The number of primary amides is 1. The molecule has 0 radical (unpaired) electrons. The highest BCUT2D eigenvalue weighted by Crippen LogP contribution is 2.14. The number of hydrogen-bond acceptors (Lipinski definition) is 20. The molecule has 0 spiro atoms. The molecule has 1 aromatic carbocycles. The van der Waals surface area contributed by atoms with Gasteiger partial charge in [0.15, 0.2) is 0 Å². The highest BCUT2D eigenvalue weighted by Gasteiger charge is 2.40. The third kappa shape index (κ3) is 29.1. The number of nitrogens with one attached hydrogen (secondary N) is 12. The molecule has 0 unspecified atom stereocenters. The minimum atomic E-state index is -2.09. The van der Waals surface area contributed by atoms with E-state index in [0.29, 0.717) is 24.9 Å². The lowest BCUT2D eigenvalue weighted by molar-refractivity contribution is -0.144. The maximum Gasteiger partial charge on any atom is 0.328 e. The second-order valence-electron chi connectivity index (χ2n) is 24.3. The van der Waals surface area contributed by atoms with Crippen LogP contribution in [0.25, 0.3) is 0 Å². The molecule has 0 bridgehead atoms. The summed E-state index contributed by atoms with van der Waals surface area (Å²) in [5.41, 5.74) is 5.81. The number of carboxylic acids is 4. The van der Waals surface area contributed by atoms with Crippen molar-refractivity contribution >= 4 is 94.8 Å². The minimum Gasteiger partial charge on any atom is -0.481 e. The van der Waals surface area contributed by atoms with Crippen LogP contribution < -0.4 is 69.5 Å². The largest absolute Gasteiger partial charge is 0.481 e. The smallest absolute Gasteiger partial charge is 0.328 e. The molecule has 12 amide bonds. The highest BCUT2D eigenvalue weighted by atomic mass is 16.4. The lowest BCUT2D eigenvalue weighted by atomic mass is 9.99. The summed E-state index contributed by atoms with van der Waals surface area (Å²) in [6, 6.07) is -11.9. The van der Waals surface area contributed by atoms with Gasteiger partial charge in [-0.2, -0.15) is 0 Å². The zero-order valence-corrected chi connectivity index (χ0v) is 54.6. The first-order chi connectivity index (χ1) is 44.9. The monoisotopic (exact) mass is 1360 g/mol. The molecule has 0 aliphatic carbocycles. The molecule has 36 nitrogen and oxygen atoms in total. The number of aliphatic carboxylic acids is 4. The predicted molar refractivity (Wildman–Crippen MR) is 334 cm³/mol. The highest BCUT2D eigenvalue weighted by molar-refractivity contribution is 6.00. The Kier molecular flexibility index (Phi) is 35.1. The van der Waals surface area contributed by atoms with Gasteiger partial charge in [-0.3, -0.25) is 71.9 Å². The van der Waals surface area contributed by atoms with Gasteiger partial charge in [0.05, 0.1) is 31.3 Å². The van der Waals surface area contributed by atoms with Gasteiger partial charge in [0.1, 0.15) is 66.5 Å². The SMILES string of the molecule is CC(C)C[C@H](NC(=O)[C@H](Cc1ccccc1)NC(=O)[C@H](CC(=O)O)NC(=O)[C@@H](NC(=O)[C@@H]1CCCN1)C(C)C)C(=O)N[C@H](C(=O)N[C@H](C(=O)N[C@@H](CCC(=O)O)C(=O)N[C@@H](CCC(N)=O)C(=O)N[C@H](C(=O)N[C@@H](CCC(=O)O)C(=O)N[C@@H](CO)C(=O)O)C(C)C)[C@@H](C)O)[C@@H](C)O. The summed E-state index contributed by atoms with van der Waals surface area (Å²) < 4.78 is 0. The molecule has 1 heterocycles. The summed E-state index contributed by atoms with van der Waals surface area (Å²) in [6.07, 6.45) is -8.09. The van der Waals surface area contributed by atoms with Crippen molar-refractivity contribution in [2.75, 3.05) is 13.2 Å². The van der Waals surface area contributed by atoms with E-state index in [1.807, 2.05) is 5.32 Å². The number of carboxylic acid groups (broad SMARTS) is 4. The van der Waals surface area contributed by atoms with Crippen molar-refractivity contribution < 1.29 is 112 Å². The summed E-state index contributed by atoms with van der Waals surface area (Å²) in [6.45, 7) is 10.9. The van der Waals surface area contributed by atoms with Crippen LogP contribution in [0, 0.1) is 17.8 Å². The van der Waals surface area contributed by atoms with Gasteiger partial charge >= 0.3 is 23.9 Å². The first-order valence-electron chi connectivity index (χ1n) is 31.1. The van der Waals surface area contributed by atoms with Gasteiger partial charge in [-0.15, -0.1) is 0 Å². The zero-order valence-electron chi connectivity index (χ0n) is 54.6. The van der Waals surface area contributed by atoms with Crippen molar-refractivity contribution in [1.82, 2.24) is 63.8 Å². The summed E-state index contributed by atoms with van der Waals surface area (Å²) >= 11 is 0. The Morgan fingerprint density at radius 2 is 0.833 bits per heavy atom. The standard InChI is InChI=1S/C60H93N13O23/c1-27(2)23-37(66-53(88)38(24-32-13-10-9-11-14-32)67-54(89)39(25-44(82)83)68-57(92)46(29(5)6)70-49(84)33-15-12-22-62-33)55(90)72-48(31(8)76)59(94)73-47(30(7)75)58(93)65-35(17-20-42(78)79)50(85)63-34(16-19-41(61)77)52(87)71-45(28(3)4)56(91)64-36(18-21-43(80)81)51(86)69-40(26-74)60(95)96/h9-11,13-14,27-31,33-40,45-48,62,74-76H,12,15-26H2,1-8H3,(H2,61,77)(H,63,85)(H,64,91)(H,65,93)(H,66,88)(H,67,89)(H,68,92)(H,69,86)(H,70,84)(H,71,87)(H,72,90)(H,73,94)(H,78,79)(H,80,81)(H,82,83)(H,95,96)/t30-,31-,33+,34+,35+,36+,37+,38+,39+,40+,45+,46+,47+,48+/m1/s1. The lowest BCUT2D eigenvalue weighted by Crippen LogP contribution is -2.63. The first kappa shape index (κ1) is 82.7. The molecule has 1 fully saturated rings. The fourth-order valence-corrected chi connectivity index (χ4v) is 9.63. The molecule has 536 valence electrons. The van der Waals surface area contributed by atoms with Gasteiger partial charge in [-0.1, -0.05) is 71.9 Å². The molecule has 1 aliphatic heterocycles. The number of carbonyl (C=O) groups is 16. The van der Waals surface area contributed by atoms with E-state index in [4.69, 9.17) is 5.73 Å². The van der Waals surface area contributed by atoms with Crippen LogP contribution in [-0.4, -0.2) is 228 Å². The van der Waals surface area contributed by atoms with E-state index >= 15 is 0 Å². The first-order valence-corrected chi connectivity index (χ1v) is 31.1. The van der Waals surface area contributed by atoms with Crippen molar-refractivity contribution in [1.29, 1.82) is 0 Å². The number of rotatable bonds is 43. The number of benzene rings is 1. The number of carbonyl (C=O) groups excluding carboxylic acids is 12. The number of amides is 12. The third-order valence-electron chi connectivity index (χ3n) is 14.9. The van der Waals surface area contributed by atoms with Crippen LogP contribution in [0.2, 0.25) is 0 Å². The third-order valence-corrected chi connectivity index (χ3v) is 14.9. The second-order valence-corrected chi connectivity index (χ2v) is 24.3. The van der Waals surface area contributed by atoms with Crippen LogP contribution in [-0.2, 0) is 83.1 Å². The number of hydrogen-bond donors (Lipinski definition) is 20. The normalized spacial score (nSPS) is 16.8. The molecule has 1 aromatic rings. The van der Waals surface area contributed by atoms with E-state index in [-0.39, 0.29) is 12.8 Å². The summed E-state index contributed by atoms with van der Waals surface area (Å²) in [4.78, 5) is 211. The Morgan fingerprint density at radius 1 is 0.458 bits per heavy atom. The lowest BCUT2D eigenvalue weighted by Gasteiger charge is -2.30. The summed E-state index contributed by atoms with van der Waals surface area (Å²) in [5.74, 6) is -21.3. The van der Waals surface area contributed by atoms with Crippen LogP contribution >= 0.6 is 0 Å². The molecule has 1 aliphatic rings. The van der Waals surface area contributed by atoms with Gasteiger partial charge in [0.2, 0.25) is 70.9 Å². The van der Waals surface area contributed by atoms with Crippen molar-refractivity contribution in [3.63, 3.8) is 0 Å². The minimum absolute atomic E-state index is 0.174. The molecular formula is C60H93N13O23. The van der Waals surface area contributed by atoms with Crippen molar-refractivity contribution in [2.45, 2.75) is 211 Å². The Bertz CT molecular complexity index is 2910. The topological polar surface area (TPSA) is 585 Å². The molecule has 21 N–H and O–H groups in total. The second kappa shape index (κ2) is 40.7. The van der Waals surface area contributed by atoms with E-state index in [1.54, 1.807) is 58.0 Å². The Balaban J connectivity index is 2.47. The van der Waals surface area contributed by atoms with Crippen molar-refractivity contribution in [3.05, 3.63) is 35.9 Å². The van der Waals surface area contributed by atoms with Crippen LogP contribution in [0.4, 0.5) is 0 Å². The van der Waals surface area contributed by atoms with Crippen molar-refractivity contribution in [3.8, 4) is 0 Å². The maximum atomic E-state index is 14.4. The Hall–Kier alpha value is -9.42. The quantitative estimate of drug-likeness (QED) is 0.0289. The molecule has 36 heteroatoms. The maximum absolute atomic E-state index is 14.4. The van der Waals surface area contributed by atoms with Gasteiger partial charge in [0, 0.05) is 25.7 Å². The fourth-order valence-electron chi connectivity index (χ4n) is 9.63. The Morgan fingerprint density at radius 3 is 1.26 bits per heavy atom. The van der Waals surface area contributed by atoms with Crippen LogP contribution in [0.3, 0.4) is 0 Å². The van der Waals surface area contributed by atoms with Gasteiger partial charge < -0.3 is 105 Å². The van der Waals surface area contributed by atoms with Crippen molar-refractivity contribution in [2.24, 2.45) is 23.5 Å². The van der Waals surface area contributed by atoms with E-state index in [0.717, 1.165) is 13.8 Å². The fraction of sp³-hybridized carbons (Fsp3) is 0.633. The van der Waals surface area contributed by atoms with Gasteiger partial charge in [0.25, 0.3) is 0 Å². The van der Waals surface area contributed by atoms with E-state index < -0.39 is 249 Å². The number of aliphatic hydroxyl groups excluding tert-OH is 3. The molecule has 96 heavy (non-hydrogen) atoms. The predicted octanol–water partition coefficient (Wildman–Crippen LogP) is -6.02. The van der Waals surface area contributed by atoms with E-state index in [9.17, 15) is 112 Å². The van der Waals surface area contributed by atoms with Gasteiger partial charge in [-0.05, 0) is 82.2 Å². The number of nitrogens with two attached hydrogens (primary N) is 1. The van der Waals surface area contributed by atoms with Gasteiger partial charge in [-0.25, -0.2) is 4.79 Å². The average Bonchev–Trinajstić information content (AvgIpc) is 0.902. The molecule has 14 atom stereocenters. The zero-order chi connectivity index (χ0) is 72.8. The Labute approximate surface area is 552 Å². The van der Waals surface area contributed by atoms with Crippen LogP contribution in [0.15, 0.2) is 30.3 Å². The summed E-state index contributed by atoms with van der Waals surface area (Å²) in [7, 11) is 0. The summed E-state index contributed by atoms with van der Waals surface area (Å²) in [5, 5.41) is 97.7. The van der Waals surface area contributed by atoms with Crippen LogP contribution in [0.5, 0.6) is 0 Å². The van der Waals surface area contributed by atoms with E-state index in [1.165, 1.54) is 13.8 Å². The molecule has 0 aromatic heterocycles. The molecule has 1 saturated heterocycles.